The first-order chi connectivity index (χ1) is 36.8. The second kappa shape index (κ2) is 18.3. The number of hydrogen-bond acceptors (Lipinski definition) is 3. The van der Waals surface area contributed by atoms with Crippen molar-refractivity contribution in [1.82, 2.24) is 9.13 Å². The Hall–Kier alpha value is -9.73. The summed E-state index contributed by atoms with van der Waals surface area (Å²) >= 11 is 0. The molecular weight excluding hydrogens is 923 g/mol. The Morgan fingerprint density at radius 2 is 0.592 bits per heavy atom. The van der Waals surface area contributed by atoms with Crippen LogP contribution in [-0.4, -0.2) is 9.13 Å². The third-order valence-electron chi connectivity index (χ3n) is 15.5. The Morgan fingerprint density at radius 1 is 0.276 bits per heavy atom. The summed E-state index contributed by atoms with van der Waals surface area (Å²) in [7, 11) is 0. The molecule has 0 aliphatic heterocycles. The SMILES string of the molecule is Cc1ccc(-c2ccc3c4ccc(-c5ccc(C)cc5C)cc4n(-c4cc(C#N)c(-c5cc(C#N)cc(C#N)c5)cc4-n4c5cc(-c6ccc(C)cc6C)ccc5c5ccc(-c6ccc(C)cc6C)cc54)c3c2)c(C)c1. The number of nitrogens with zero attached hydrogens (tertiary/aromatic N) is 5. The van der Waals surface area contributed by atoms with Crippen LogP contribution in [0.25, 0.3) is 111 Å². The monoisotopic (exact) mass is 975 g/mol. The Kier molecular flexibility index (Phi) is 11.4. The van der Waals surface area contributed by atoms with Crippen LogP contribution >= 0.6 is 0 Å². The number of nitriles is 3. The van der Waals surface area contributed by atoms with E-state index in [2.05, 4.69) is 234 Å². The van der Waals surface area contributed by atoms with Crippen LogP contribution in [0, 0.1) is 89.4 Å². The van der Waals surface area contributed by atoms with Gasteiger partial charge in [0.2, 0.25) is 0 Å². The smallest absolute Gasteiger partial charge is 0.0998 e. The van der Waals surface area contributed by atoms with Crippen molar-refractivity contribution in [2.45, 2.75) is 55.4 Å². The number of fused-ring (bicyclic) bond motifs is 6. The van der Waals surface area contributed by atoms with Gasteiger partial charge in [-0.05, 0) is 182 Å². The van der Waals surface area contributed by atoms with Crippen molar-refractivity contribution in [3.63, 3.8) is 0 Å². The van der Waals surface area contributed by atoms with Gasteiger partial charge in [-0.15, -0.1) is 0 Å². The van der Waals surface area contributed by atoms with E-state index in [1.54, 1.807) is 18.2 Å². The standard InChI is InChI=1S/C71H53N5/c1-41-9-17-57(45(5)25-41)51-13-21-61-62-22-14-52(58-18-10-42(2)26-46(58)6)33-67(62)75(66(61)32-51)70-36-56(40-74)65(55-30-49(38-72)29-50(31-55)39-73)37-71(70)76-68-34-53(59-19-11-43(3)27-47(59)7)15-23-63(68)64-24-16-54(35-69(64)76)60-20-12-44(4)28-48(60)8/h9-37H,1-8H3. The minimum Gasteiger partial charge on any atom is -0.307 e. The van der Waals surface area contributed by atoms with Gasteiger partial charge < -0.3 is 9.13 Å². The predicted molar refractivity (Wildman–Crippen MR) is 314 cm³/mol. The van der Waals surface area contributed by atoms with Crippen molar-refractivity contribution in [1.29, 1.82) is 15.8 Å². The highest BCUT2D eigenvalue weighted by molar-refractivity contribution is 6.14. The van der Waals surface area contributed by atoms with Crippen LogP contribution in [0.5, 0.6) is 0 Å². The highest BCUT2D eigenvalue weighted by Gasteiger charge is 2.25. The lowest BCUT2D eigenvalue weighted by Crippen LogP contribution is -2.06. The summed E-state index contributed by atoms with van der Waals surface area (Å²) in [6.45, 7) is 17.2. The van der Waals surface area contributed by atoms with E-state index < -0.39 is 0 Å². The quantitative estimate of drug-likeness (QED) is 0.160. The number of aryl methyl sites for hydroxylation is 8. The van der Waals surface area contributed by atoms with Crippen LogP contribution < -0.4 is 0 Å². The van der Waals surface area contributed by atoms with E-state index >= 15 is 0 Å². The third kappa shape index (κ3) is 7.92. The zero-order valence-electron chi connectivity index (χ0n) is 44.0. The lowest BCUT2D eigenvalue weighted by Gasteiger charge is -2.20. The lowest BCUT2D eigenvalue weighted by atomic mass is 9.95. The molecular formula is C71H53N5. The molecule has 0 spiro atoms. The number of aromatic nitrogens is 2. The zero-order chi connectivity index (χ0) is 52.7. The van der Waals surface area contributed by atoms with E-state index in [1.165, 1.54) is 44.5 Å². The van der Waals surface area contributed by atoms with Gasteiger partial charge in [0, 0.05) is 27.1 Å². The fourth-order valence-corrected chi connectivity index (χ4v) is 12.0. The lowest BCUT2D eigenvalue weighted by molar-refractivity contribution is 1.09. The van der Waals surface area contributed by atoms with Gasteiger partial charge in [0.05, 0.1) is 68.3 Å². The van der Waals surface area contributed by atoms with Gasteiger partial charge >= 0.3 is 0 Å². The Morgan fingerprint density at radius 3 is 0.882 bits per heavy atom. The van der Waals surface area contributed by atoms with Crippen molar-refractivity contribution < 1.29 is 0 Å². The van der Waals surface area contributed by atoms with E-state index in [9.17, 15) is 15.8 Å². The number of rotatable bonds is 7. The molecule has 0 atom stereocenters. The molecule has 362 valence electrons. The molecule has 0 saturated carbocycles. The predicted octanol–water partition coefficient (Wildman–Crippen LogP) is 18.3. The summed E-state index contributed by atoms with van der Waals surface area (Å²) in [6.07, 6.45) is 0. The van der Waals surface area contributed by atoms with E-state index in [4.69, 9.17) is 0 Å². The van der Waals surface area contributed by atoms with Crippen molar-refractivity contribution in [2.75, 3.05) is 0 Å². The first-order valence-electron chi connectivity index (χ1n) is 25.8. The van der Waals surface area contributed by atoms with Gasteiger partial charge in [-0.2, -0.15) is 15.8 Å². The molecule has 0 bridgehead atoms. The average molecular weight is 976 g/mol. The second-order valence-corrected chi connectivity index (χ2v) is 20.9. The second-order valence-electron chi connectivity index (χ2n) is 20.9. The van der Waals surface area contributed by atoms with Crippen LogP contribution in [-0.2, 0) is 0 Å². The molecule has 5 nitrogen and oxygen atoms in total. The fourth-order valence-electron chi connectivity index (χ4n) is 12.0. The Balaban J connectivity index is 1.28. The van der Waals surface area contributed by atoms with Crippen molar-refractivity contribution in [3.8, 4) is 85.2 Å². The van der Waals surface area contributed by atoms with Crippen molar-refractivity contribution in [2.24, 2.45) is 0 Å². The fraction of sp³-hybridized carbons (Fsp3) is 0.113. The molecule has 2 heterocycles. The molecule has 0 saturated heterocycles. The molecule has 76 heavy (non-hydrogen) atoms. The van der Waals surface area contributed by atoms with Crippen LogP contribution in [0.15, 0.2) is 176 Å². The van der Waals surface area contributed by atoms with Gasteiger partial charge in [-0.1, -0.05) is 144 Å². The molecule has 12 rings (SSSR count). The highest BCUT2D eigenvalue weighted by Crippen LogP contribution is 2.45. The maximum atomic E-state index is 11.5. The van der Waals surface area contributed by atoms with E-state index in [0.29, 0.717) is 27.8 Å². The van der Waals surface area contributed by atoms with Crippen LogP contribution in [0.4, 0.5) is 0 Å². The molecule has 0 fully saturated rings. The highest BCUT2D eigenvalue weighted by atomic mass is 15.1. The summed E-state index contributed by atoms with van der Waals surface area (Å²) in [5.74, 6) is 0. The van der Waals surface area contributed by atoms with Crippen molar-refractivity contribution in [3.05, 3.63) is 237 Å². The zero-order valence-corrected chi connectivity index (χ0v) is 44.0. The molecule has 0 radical (unpaired) electrons. The van der Waals surface area contributed by atoms with Crippen LogP contribution in [0.2, 0.25) is 0 Å². The van der Waals surface area contributed by atoms with Gasteiger partial charge in [0.15, 0.2) is 0 Å². The normalized spacial score (nSPS) is 11.4. The van der Waals surface area contributed by atoms with Gasteiger partial charge in [-0.3, -0.25) is 0 Å². The Labute approximate surface area is 444 Å². The summed E-state index contributed by atoms with van der Waals surface area (Å²) in [4.78, 5) is 0. The number of hydrogen-bond donors (Lipinski definition) is 0. The molecule has 2 aromatic heterocycles. The summed E-state index contributed by atoms with van der Waals surface area (Å²) in [5.41, 5.74) is 26.5. The van der Waals surface area contributed by atoms with E-state index in [-0.39, 0.29) is 0 Å². The van der Waals surface area contributed by atoms with Crippen LogP contribution in [0.1, 0.15) is 61.2 Å². The van der Waals surface area contributed by atoms with E-state index in [1.807, 2.05) is 6.07 Å². The topological polar surface area (TPSA) is 81.2 Å². The van der Waals surface area contributed by atoms with Gasteiger partial charge in [0.1, 0.15) is 0 Å². The largest absolute Gasteiger partial charge is 0.307 e. The minimum atomic E-state index is 0.344. The molecule has 0 aliphatic carbocycles. The van der Waals surface area contributed by atoms with Crippen molar-refractivity contribution >= 4 is 43.6 Å². The summed E-state index contributed by atoms with van der Waals surface area (Å²) < 4.78 is 4.76. The molecule has 12 aromatic rings. The van der Waals surface area contributed by atoms with Gasteiger partial charge in [-0.25, -0.2) is 0 Å². The molecule has 0 amide bonds. The van der Waals surface area contributed by atoms with E-state index in [0.717, 1.165) is 99.5 Å². The summed E-state index contributed by atoms with van der Waals surface area (Å²) in [6, 6.07) is 70.2. The first kappa shape index (κ1) is 47.3. The van der Waals surface area contributed by atoms with Gasteiger partial charge in [0.25, 0.3) is 0 Å². The molecule has 10 aromatic carbocycles. The molecule has 0 N–H and O–H groups in total. The molecule has 0 unspecified atom stereocenters. The summed E-state index contributed by atoms with van der Waals surface area (Å²) in [5, 5.41) is 36.4. The average Bonchev–Trinajstić information content (AvgIpc) is 4.12. The number of benzene rings is 10. The molecule has 0 aliphatic rings. The maximum absolute atomic E-state index is 11.5. The Bertz CT molecular complexity index is 4340. The third-order valence-corrected chi connectivity index (χ3v) is 15.5. The van der Waals surface area contributed by atoms with Crippen LogP contribution in [0.3, 0.4) is 0 Å². The maximum Gasteiger partial charge on any atom is 0.0998 e. The minimum absolute atomic E-state index is 0.344. The first-order valence-corrected chi connectivity index (χ1v) is 25.8. The molecule has 5 heteroatoms.